The predicted molar refractivity (Wildman–Crippen MR) is 54.4 cm³/mol. The van der Waals surface area contributed by atoms with E-state index in [4.69, 9.17) is 10.00 Å². The zero-order chi connectivity index (χ0) is 12.1. The molecule has 1 rings (SSSR count). The van der Waals surface area contributed by atoms with Gasteiger partial charge in [-0.2, -0.15) is 5.26 Å². The highest BCUT2D eigenvalue weighted by molar-refractivity contribution is 6.01. The van der Waals surface area contributed by atoms with Crippen LogP contribution in [0.25, 0.3) is 0 Å². The lowest BCUT2D eigenvalue weighted by Crippen LogP contribution is -2.08. The van der Waals surface area contributed by atoms with Crippen molar-refractivity contribution in [1.29, 1.82) is 5.26 Å². The van der Waals surface area contributed by atoms with Crippen LogP contribution in [0.2, 0.25) is 0 Å². The number of carbonyl (C=O) groups is 2. The molecule has 0 aliphatic rings. The molecule has 0 amide bonds. The Kier molecular flexibility index (Phi) is 3.62. The molecule has 0 bridgehead atoms. The first-order valence-electron chi connectivity index (χ1n) is 4.33. The van der Waals surface area contributed by atoms with Crippen LogP contribution in [-0.2, 0) is 4.74 Å². The van der Waals surface area contributed by atoms with Crippen LogP contribution in [0.5, 0.6) is 5.75 Å². The zero-order valence-electron chi connectivity index (χ0n) is 8.81. The van der Waals surface area contributed by atoms with Gasteiger partial charge in [-0.1, -0.05) is 0 Å². The first-order chi connectivity index (χ1) is 7.67. The van der Waals surface area contributed by atoms with Gasteiger partial charge in [-0.05, 0) is 12.1 Å². The Hall–Kier alpha value is -2.35. The normalized spacial score (nSPS) is 9.06. The van der Waals surface area contributed by atoms with Crippen molar-refractivity contribution < 1.29 is 19.1 Å². The van der Waals surface area contributed by atoms with E-state index >= 15 is 0 Å². The third-order valence-electron chi connectivity index (χ3n) is 2.00. The van der Waals surface area contributed by atoms with Crippen molar-refractivity contribution in [1.82, 2.24) is 0 Å². The number of hydrogen-bond acceptors (Lipinski definition) is 5. The molecule has 0 unspecified atom stereocenters. The summed E-state index contributed by atoms with van der Waals surface area (Å²) in [5, 5.41) is 8.73. The van der Waals surface area contributed by atoms with E-state index in [2.05, 4.69) is 4.74 Å². The smallest absolute Gasteiger partial charge is 0.342 e. The average molecular weight is 219 g/mol. The standard InChI is InChI=1S/C11H9NO4/c1-15-9-4-7(5-12)3-8(6-13)10(9)11(14)16-2/h3-4,6H,1-2H3. The van der Waals surface area contributed by atoms with Gasteiger partial charge in [0, 0.05) is 5.56 Å². The van der Waals surface area contributed by atoms with Gasteiger partial charge in [0.05, 0.1) is 25.9 Å². The molecule has 16 heavy (non-hydrogen) atoms. The minimum absolute atomic E-state index is 0.0269. The fourth-order valence-corrected chi connectivity index (χ4v) is 1.28. The number of rotatable bonds is 3. The number of esters is 1. The number of hydrogen-bond donors (Lipinski definition) is 0. The highest BCUT2D eigenvalue weighted by atomic mass is 16.5. The molecule has 0 heterocycles. The van der Waals surface area contributed by atoms with Gasteiger partial charge < -0.3 is 9.47 Å². The van der Waals surface area contributed by atoms with Crippen LogP contribution in [0.3, 0.4) is 0 Å². The Morgan fingerprint density at radius 2 is 2.12 bits per heavy atom. The number of nitrogens with zero attached hydrogens (tertiary/aromatic N) is 1. The molecule has 5 nitrogen and oxygen atoms in total. The van der Waals surface area contributed by atoms with Crippen molar-refractivity contribution in [2.24, 2.45) is 0 Å². The lowest BCUT2D eigenvalue weighted by Gasteiger charge is -2.09. The van der Waals surface area contributed by atoms with Gasteiger partial charge >= 0.3 is 5.97 Å². The minimum atomic E-state index is -0.677. The summed E-state index contributed by atoms with van der Waals surface area (Å²) < 4.78 is 9.48. The van der Waals surface area contributed by atoms with E-state index in [1.54, 1.807) is 0 Å². The van der Waals surface area contributed by atoms with Gasteiger partial charge in [0.15, 0.2) is 6.29 Å². The van der Waals surface area contributed by atoms with Crippen molar-refractivity contribution in [3.63, 3.8) is 0 Å². The molecule has 5 heteroatoms. The number of ether oxygens (including phenoxy) is 2. The summed E-state index contributed by atoms with van der Waals surface area (Å²) in [5.74, 6) is -0.531. The predicted octanol–water partition coefficient (Wildman–Crippen LogP) is 1.17. The van der Waals surface area contributed by atoms with Crippen LogP contribution in [-0.4, -0.2) is 26.5 Å². The highest BCUT2D eigenvalue weighted by Gasteiger charge is 2.19. The highest BCUT2D eigenvalue weighted by Crippen LogP contribution is 2.24. The van der Waals surface area contributed by atoms with E-state index < -0.39 is 5.97 Å². The molecule has 1 aromatic carbocycles. The third kappa shape index (κ3) is 2.01. The SMILES string of the molecule is COC(=O)c1c(C=O)cc(C#N)cc1OC. The molecule has 0 atom stereocenters. The molecule has 0 aliphatic carbocycles. The summed E-state index contributed by atoms with van der Waals surface area (Å²) in [5.41, 5.74) is 0.341. The molecule has 0 spiro atoms. The Balaban J connectivity index is 3.50. The van der Waals surface area contributed by atoms with Crippen LogP contribution in [0.4, 0.5) is 0 Å². The molecule has 0 N–H and O–H groups in total. The molecular formula is C11H9NO4. The lowest BCUT2D eigenvalue weighted by molar-refractivity contribution is 0.0594. The van der Waals surface area contributed by atoms with Crippen LogP contribution < -0.4 is 4.74 Å². The van der Waals surface area contributed by atoms with Gasteiger partial charge in [0.1, 0.15) is 11.3 Å². The van der Waals surface area contributed by atoms with Gasteiger partial charge in [-0.15, -0.1) is 0 Å². The minimum Gasteiger partial charge on any atom is -0.496 e. The van der Waals surface area contributed by atoms with Crippen LogP contribution in [0.15, 0.2) is 12.1 Å². The molecule has 0 saturated heterocycles. The van der Waals surface area contributed by atoms with Crippen molar-refractivity contribution in [3.05, 3.63) is 28.8 Å². The third-order valence-corrected chi connectivity index (χ3v) is 2.00. The van der Waals surface area contributed by atoms with Gasteiger partial charge in [0.25, 0.3) is 0 Å². The van der Waals surface area contributed by atoms with Gasteiger partial charge in [0.2, 0.25) is 0 Å². The first kappa shape index (κ1) is 11.7. The summed E-state index contributed by atoms with van der Waals surface area (Å²) in [6, 6.07) is 4.55. The summed E-state index contributed by atoms with van der Waals surface area (Å²) in [6.07, 6.45) is 0.482. The van der Waals surface area contributed by atoms with E-state index in [-0.39, 0.29) is 22.4 Å². The number of methoxy groups -OCH3 is 2. The average Bonchev–Trinajstić information content (AvgIpc) is 2.35. The second kappa shape index (κ2) is 4.94. The zero-order valence-corrected chi connectivity index (χ0v) is 8.81. The van der Waals surface area contributed by atoms with Crippen molar-refractivity contribution in [2.45, 2.75) is 0 Å². The fraction of sp³-hybridized carbons (Fsp3) is 0.182. The van der Waals surface area contributed by atoms with Crippen molar-refractivity contribution >= 4 is 12.3 Å². The molecule has 0 aliphatic heterocycles. The summed E-state index contributed by atoms with van der Waals surface area (Å²) in [7, 11) is 2.55. The topological polar surface area (TPSA) is 76.4 Å². The molecule has 0 fully saturated rings. The monoisotopic (exact) mass is 219 g/mol. The Morgan fingerprint density at radius 1 is 1.44 bits per heavy atom. The Labute approximate surface area is 92.2 Å². The van der Waals surface area contributed by atoms with Crippen LogP contribution >= 0.6 is 0 Å². The Bertz CT molecular complexity index is 474. The summed E-state index contributed by atoms with van der Waals surface area (Å²) >= 11 is 0. The molecule has 1 aromatic rings. The summed E-state index contributed by atoms with van der Waals surface area (Å²) in [4.78, 5) is 22.2. The second-order valence-corrected chi connectivity index (χ2v) is 2.86. The second-order valence-electron chi connectivity index (χ2n) is 2.86. The lowest BCUT2D eigenvalue weighted by atomic mass is 10.0. The van der Waals surface area contributed by atoms with Crippen LogP contribution in [0, 0.1) is 11.3 Å². The molecule has 0 aromatic heterocycles. The van der Waals surface area contributed by atoms with E-state index in [1.807, 2.05) is 6.07 Å². The van der Waals surface area contributed by atoms with Crippen molar-refractivity contribution in [2.75, 3.05) is 14.2 Å². The number of carbonyl (C=O) groups excluding carboxylic acids is 2. The summed E-state index contributed by atoms with van der Waals surface area (Å²) in [6.45, 7) is 0. The molecule has 82 valence electrons. The quantitative estimate of drug-likeness (QED) is 0.563. The number of aldehydes is 1. The van der Waals surface area contributed by atoms with E-state index in [0.29, 0.717) is 6.29 Å². The number of nitriles is 1. The maximum absolute atomic E-state index is 11.4. The Morgan fingerprint density at radius 3 is 2.56 bits per heavy atom. The van der Waals surface area contributed by atoms with Crippen molar-refractivity contribution in [3.8, 4) is 11.8 Å². The van der Waals surface area contributed by atoms with Gasteiger partial charge in [-0.25, -0.2) is 4.79 Å². The van der Waals surface area contributed by atoms with Crippen LogP contribution in [0.1, 0.15) is 26.3 Å². The van der Waals surface area contributed by atoms with E-state index in [1.165, 1.54) is 26.4 Å². The van der Waals surface area contributed by atoms with E-state index in [9.17, 15) is 9.59 Å². The van der Waals surface area contributed by atoms with Gasteiger partial charge in [-0.3, -0.25) is 4.79 Å². The van der Waals surface area contributed by atoms with E-state index in [0.717, 1.165) is 0 Å². The maximum Gasteiger partial charge on any atom is 0.342 e. The molecule has 0 saturated carbocycles. The fourth-order valence-electron chi connectivity index (χ4n) is 1.28. The number of benzene rings is 1. The molecular weight excluding hydrogens is 210 g/mol. The molecule has 0 radical (unpaired) electrons. The largest absolute Gasteiger partial charge is 0.496 e. The first-order valence-corrected chi connectivity index (χ1v) is 4.33. The maximum atomic E-state index is 11.4.